The molecule has 0 amide bonds. The number of halogens is 2. The van der Waals surface area contributed by atoms with E-state index in [4.69, 9.17) is 26.8 Å². The van der Waals surface area contributed by atoms with E-state index in [1.54, 1.807) is 0 Å². The fourth-order valence-electron chi connectivity index (χ4n) is 2.88. The third-order valence-corrected chi connectivity index (χ3v) is 4.28. The molecule has 1 fully saturated rings. The monoisotopic (exact) mass is 451 g/mol. The number of hydrogen-bond donors (Lipinski definition) is 2. The van der Waals surface area contributed by atoms with Gasteiger partial charge in [-0.25, -0.2) is 4.99 Å². The van der Waals surface area contributed by atoms with Crippen molar-refractivity contribution in [3.8, 4) is 11.5 Å². The Morgan fingerprint density at radius 1 is 1.22 bits per heavy atom. The molecule has 0 saturated heterocycles. The van der Waals surface area contributed by atoms with Crippen LogP contribution in [0.2, 0.25) is 5.02 Å². The molecule has 1 heterocycles. The summed E-state index contributed by atoms with van der Waals surface area (Å²) in [5, 5.41) is 3.84. The molecule has 2 aliphatic rings. The van der Waals surface area contributed by atoms with Crippen molar-refractivity contribution in [3.63, 3.8) is 0 Å². The molecular formula is C16H23ClIN3O2. The van der Waals surface area contributed by atoms with Crippen LogP contribution < -0.4 is 20.5 Å². The van der Waals surface area contributed by atoms with Gasteiger partial charge in [-0.15, -0.1) is 24.0 Å². The van der Waals surface area contributed by atoms with Crippen molar-refractivity contribution < 1.29 is 9.47 Å². The molecule has 0 unspecified atom stereocenters. The molecule has 1 aromatic carbocycles. The van der Waals surface area contributed by atoms with E-state index < -0.39 is 0 Å². The van der Waals surface area contributed by atoms with Crippen LogP contribution in [0, 0.1) is 0 Å². The first kappa shape index (κ1) is 18.4. The van der Waals surface area contributed by atoms with Gasteiger partial charge in [-0.05, 0) is 30.5 Å². The van der Waals surface area contributed by atoms with Gasteiger partial charge in [0.15, 0.2) is 17.5 Å². The Hall–Kier alpha value is -0.890. The molecule has 23 heavy (non-hydrogen) atoms. The van der Waals surface area contributed by atoms with Crippen LogP contribution in [0.25, 0.3) is 0 Å². The first-order valence-corrected chi connectivity index (χ1v) is 8.24. The maximum Gasteiger partial charge on any atom is 0.189 e. The lowest BCUT2D eigenvalue weighted by molar-refractivity contribution is 0.297. The van der Waals surface area contributed by atoms with E-state index in [2.05, 4.69) is 10.3 Å². The van der Waals surface area contributed by atoms with Gasteiger partial charge in [-0.2, -0.15) is 0 Å². The Morgan fingerprint density at radius 3 is 2.74 bits per heavy atom. The predicted molar refractivity (Wildman–Crippen MR) is 103 cm³/mol. The normalized spacial score (nSPS) is 18.2. The second-order valence-electron chi connectivity index (χ2n) is 5.78. The largest absolute Gasteiger partial charge is 0.489 e. The van der Waals surface area contributed by atoms with Gasteiger partial charge in [0.1, 0.15) is 0 Å². The molecular weight excluding hydrogens is 429 g/mol. The van der Waals surface area contributed by atoms with Crippen molar-refractivity contribution in [2.75, 3.05) is 13.2 Å². The van der Waals surface area contributed by atoms with Crippen LogP contribution in [0.4, 0.5) is 0 Å². The molecule has 3 N–H and O–H groups in total. The lowest BCUT2D eigenvalue weighted by atomic mass is 10.2. The highest BCUT2D eigenvalue weighted by Gasteiger charge is 2.16. The van der Waals surface area contributed by atoms with E-state index in [-0.39, 0.29) is 24.0 Å². The number of guanidine groups is 1. The number of nitrogens with zero attached hydrogens (tertiary/aromatic N) is 1. The molecule has 0 radical (unpaired) electrons. The SMILES string of the molecule is I.NC(=NCc1cc(Cl)c2c(c1)OCCCO2)NC1CCCC1. The van der Waals surface area contributed by atoms with E-state index in [1.165, 1.54) is 25.7 Å². The molecule has 0 atom stereocenters. The van der Waals surface area contributed by atoms with Gasteiger partial charge in [-0.1, -0.05) is 24.4 Å². The Kier molecular flexibility index (Phi) is 7.08. The number of ether oxygens (including phenoxy) is 2. The van der Waals surface area contributed by atoms with Crippen molar-refractivity contribution in [1.82, 2.24) is 5.32 Å². The predicted octanol–water partition coefficient (Wildman–Crippen LogP) is 3.47. The van der Waals surface area contributed by atoms with Crippen molar-refractivity contribution in [1.29, 1.82) is 0 Å². The average Bonchev–Trinajstić information content (AvgIpc) is 2.88. The lowest BCUT2D eigenvalue weighted by Crippen LogP contribution is -2.38. The molecule has 0 bridgehead atoms. The van der Waals surface area contributed by atoms with Crippen LogP contribution in [-0.2, 0) is 6.54 Å². The summed E-state index contributed by atoms with van der Waals surface area (Å²) in [4.78, 5) is 4.40. The van der Waals surface area contributed by atoms with Crippen LogP contribution in [0.3, 0.4) is 0 Å². The zero-order valence-corrected chi connectivity index (χ0v) is 16.1. The van der Waals surface area contributed by atoms with Gasteiger partial charge >= 0.3 is 0 Å². The average molecular weight is 452 g/mol. The van der Waals surface area contributed by atoms with E-state index in [9.17, 15) is 0 Å². The minimum atomic E-state index is 0. The third-order valence-electron chi connectivity index (χ3n) is 4.00. The van der Waals surface area contributed by atoms with Crippen LogP contribution in [-0.4, -0.2) is 25.2 Å². The smallest absolute Gasteiger partial charge is 0.189 e. The molecule has 1 aromatic rings. The van der Waals surface area contributed by atoms with Gasteiger partial charge in [-0.3, -0.25) is 0 Å². The van der Waals surface area contributed by atoms with Gasteiger partial charge in [0.05, 0.1) is 24.8 Å². The maximum atomic E-state index is 6.27. The lowest BCUT2D eigenvalue weighted by Gasteiger charge is -2.13. The van der Waals surface area contributed by atoms with E-state index >= 15 is 0 Å². The summed E-state index contributed by atoms with van der Waals surface area (Å²) in [5.74, 6) is 1.82. The van der Waals surface area contributed by atoms with E-state index in [0.717, 1.165) is 12.0 Å². The molecule has 1 aliphatic heterocycles. The van der Waals surface area contributed by atoms with E-state index in [0.29, 0.717) is 48.3 Å². The number of rotatable bonds is 3. The number of hydrogen-bond acceptors (Lipinski definition) is 3. The number of nitrogens with two attached hydrogens (primary N) is 1. The van der Waals surface area contributed by atoms with Crippen LogP contribution >= 0.6 is 35.6 Å². The van der Waals surface area contributed by atoms with Crippen molar-refractivity contribution in [2.24, 2.45) is 10.7 Å². The first-order valence-electron chi connectivity index (χ1n) is 7.87. The summed E-state index contributed by atoms with van der Waals surface area (Å²) in [5.41, 5.74) is 6.92. The summed E-state index contributed by atoms with van der Waals surface area (Å²) in [7, 11) is 0. The topological polar surface area (TPSA) is 68.9 Å². The number of nitrogens with one attached hydrogen (secondary N) is 1. The summed E-state index contributed by atoms with van der Waals surface area (Å²) in [6.45, 7) is 1.74. The number of benzene rings is 1. The fourth-order valence-corrected chi connectivity index (χ4v) is 3.16. The highest BCUT2D eigenvalue weighted by atomic mass is 127. The van der Waals surface area contributed by atoms with Crippen molar-refractivity contribution in [3.05, 3.63) is 22.7 Å². The third kappa shape index (κ3) is 5.04. The molecule has 1 aliphatic carbocycles. The second kappa shape index (κ2) is 8.82. The van der Waals surface area contributed by atoms with Crippen LogP contribution in [0.5, 0.6) is 11.5 Å². The molecule has 1 saturated carbocycles. The zero-order chi connectivity index (χ0) is 15.4. The Bertz CT molecular complexity index is 563. The van der Waals surface area contributed by atoms with E-state index in [1.807, 2.05) is 12.1 Å². The second-order valence-corrected chi connectivity index (χ2v) is 6.19. The summed E-state index contributed by atoms with van der Waals surface area (Å²) in [6, 6.07) is 4.26. The van der Waals surface area contributed by atoms with Gasteiger partial charge in [0.25, 0.3) is 0 Å². The Labute approximate surface area is 159 Å². The number of fused-ring (bicyclic) bond motifs is 1. The molecule has 0 aromatic heterocycles. The highest BCUT2D eigenvalue weighted by molar-refractivity contribution is 14.0. The Morgan fingerprint density at radius 2 is 1.96 bits per heavy atom. The van der Waals surface area contributed by atoms with Crippen LogP contribution in [0.15, 0.2) is 17.1 Å². The van der Waals surface area contributed by atoms with Crippen molar-refractivity contribution in [2.45, 2.75) is 44.7 Å². The van der Waals surface area contributed by atoms with Crippen LogP contribution in [0.1, 0.15) is 37.7 Å². The standard InChI is InChI=1S/C16H22ClN3O2.HI/c17-13-8-11(9-14-15(13)22-7-3-6-21-14)10-19-16(18)20-12-4-1-2-5-12;/h8-9,12H,1-7,10H2,(H3,18,19,20);1H. The minimum Gasteiger partial charge on any atom is -0.489 e. The van der Waals surface area contributed by atoms with Crippen molar-refractivity contribution >= 4 is 41.5 Å². The quantitative estimate of drug-likeness (QED) is 0.419. The highest BCUT2D eigenvalue weighted by Crippen LogP contribution is 2.38. The molecule has 3 rings (SSSR count). The molecule has 5 nitrogen and oxygen atoms in total. The van der Waals surface area contributed by atoms with Gasteiger partial charge in [0, 0.05) is 12.5 Å². The summed E-state index contributed by atoms with van der Waals surface area (Å²) < 4.78 is 11.3. The fraction of sp³-hybridized carbons (Fsp3) is 0.562. The number of aliphatic imine (C=N–C) groups is 1. The molecule has 7 heteroatoms. The van der Waals surface area contributed by atoms with Gasteiger partial charge < -0.3 is 20.5 Å². The Balaban J connectivity index is 0.00000192. The first-order chi connectivity index (χ1) is 10.7. The maximum absolute atomic E-state index is 6.27. The molecule has 0 spiro atoms. The summed E-state index contributed by atoms with van der Waals surface area (Å²) in [6.07, 6.45) is 5.74. The van der Waals surface area contributed by atoms with Gasteiger partial charge in [0.2, 0.25) is 0 Å². The molecule has 128 valence electrons. The summed E-state index contributed by atoms with van der Waals surface area (Å²) >= 11 is 6.27. The minimum absolute atomic E-state index is 0. The zero-order valence-electron chi connectivity index (χ0n) is 13.0.